The number of hydrogen-bond acceptors (Lipinski definition) is 5. The van der Waals surface area contributed by atoms with Gasteiger partial charge in [0.1, 0.15) is 11.5 Å². The van der Waals surface area contributed by atoms with Gasteiger partial charge in [-0.25, -0.2) is 0 Å². The van der Waals surface area contributed by atoms with E-state index in [1.807, 2.05) is 6.92 Å². The highest BCUT2D eigenvalue weighted by molar-refractivity contribution is 6.07. The normalized spacial score (nSPS) is 10.6. The minimum absolute atomic E-state index is 0.00600. The topological polar surface area (TPSA) is 78.7 Å². The highest BCUT2D eigenvalue weighted by Gasteiger charge is 2.12. The molecule has 0 spiro atoms. The fourth-order valence-electron chi connectivity index (χ4n) is 2.20. The van der Waals surface area contributed by atoms with Gasteiger partial charge >= 0.3 is 0 Å². The second kappa shape index (κ2) is 7.41. The zero-order valence-electron chi connectivity index (χ0n) is 13.6. The smallest absolute Gasteiger partial charge is 0.269 e. The highest BCUT2D eigenvalue weighted by atomic mass is 16.6. The molecule has 2 rings (SSSR count). The Morgan fingerprint density at radius 1 is 1.08 bits per heavy atom. The van der Waals surface area contributed by atoms with E-state index >= 15 is 0 Å². The van der Waals surface area contributed by atoms with E-state index in [-0.39, 0.29) is 11.5 Å². The zero-order valence-corrected chi connectivity index (χ0v) is 13.6. The lowest BCUT2D eigenvalue weighted by molar-refractivity contribution is -0.384. The van der Waals surface area contributed by atoms with Gasteiger partial charge in [-0.2, -0.15) is 0 Å². The molecule has 124 valence electrons. The van der Waals surface area contributed by atoms with Gasteiger partial charge in [-0.1, -0.05) is 6.08 Å². The maximum absolute atomic E-state index is 12.3. The zero-order chi connectivity index (χ0) is 17.7. The van der Waals surface area contributed by atoms with E-state index in [0.29, 0.717) is 22.6 Å². The summed E-state index contributed by atoms with van der Waals surface area (Å²) >= 11 is 0. The monoisotopic (exact) mass is 327 g/mol. The molecular weight excluding hydrogens is 310 g/mol. The summed E-state index contributed by atoms with van der Waals surface area (Å²) in [6.45, 7) is 1.85. The van der Waals surface area contributed by atoms with Gasteiger partial charge in [0.15, 0.2) is 5.78 Å². The van der Waals surface area contributed by atoms with Gasteiger partial charge in [0.2, 0.25) is 0 Å². The van der Waals surface area contributed by atoms with Gasteiger partial charge < -0.3 is 9.47 Å². The lowest BCUT2D eigenvalue weighted by atomic mass is 10.0. The maximum atomic E-state index is 12.3. The molecule has 0 radical (unpaired) electrons. The number of ketones is 1. The van der Waals surface area contributed by atoms with Crippen molar-refractivity contribution < 1.29 is 19.2 Å². The van der Waals surface area contributed by atoms with E-state index < -0.39 is 4.92 Å². The number of nitro groups is 1. The average Bonchev–Trinajstić information content (AvgIpc) is 2.60. The maximum Gasteiger partial charge on any atom is 0.269 e. The number of non-ortho nitro benzene ring substituents is 1. The molecule has 6 nitrogen and oxygen atoms in total. The summed E-state index contributed by atoms with van der Waals surface area (Å²) in [5.74, 6) is 0.924. The van der Waals surface area contributed by atoms with Crippen molar-refractivity contribution in [3.8, 4) is 11.5 Å². The summed E-state index contributed by atoms with van der Waals surface area (Å²) in [5, 5.41) is 10.6. The predicted molar refractivity (Wildman–Crippen MR) is 90.7 cm³/mol. The second-order valence-corrected chi connectivity index (χ2v) is 5.05. The second-order valence-electron chi connectivity index (χ2n) is 5.05. The van der Waals surface area contributed by atoms with Gasteiger partial charge in [0.05, 0.1) is 19.1 Å². The van der Waals surface area contributed by atoms with Crippen LogP contribution in [0, 0.1) is 17.0 Å². The molecule has 0 saturated heterocycles. The minimum atomic E-state index is -0.469. The van der Waals surface area contributed by atoms with Crippen LogP contribution in [0.5, 0.6) is 11.5 Å². The van der Waals surface area contributed by atoms with Crippen LogP contribution in [-0.4, -0.2) is 24.9 Å². The van der Waals surface area contributed by atoms with Crippen molar-refractivity contribution in [2.24, 2.45) is 0 Å². The van der Waals surface area contributed by atoms with Crippen molar-refractivity contribution in [1.82, 2.24) is 0 Å². The summed E-state index contributed by atoms with van der Waals surface area (Å²) in [6.07, 6.45) is 3.01. The molecule has 2 aromatic carbocycles. The van der Waals surface area contributed by atoms with Gasteiger partial charge in [-0.15, -0.1) is 0 Å². The van der Waals surface area contributed by atoms with E-state index in [1.54, 1.807) is 30.3 Å². The number of carbonyl (C=O) groups excluding carboxylic acids is 1. The largest absolute Gasteiger partial charge is 0.496 e. The van der Waals surface area contributed by atoms with Crippen LogP contribution < -0.4 is 9.47 Å². The molecule has 2 aromatic rings. The Labute approximate surface area is 139 Å². The molecular formula is C18H17NO5. The van der Waals surface area contributed by atoms with Gasteiger partial charge in [-0.05, 0) is 42.8 Å². The van der Waals surface area contributed by atoms with E-state index in [2.05, 4.69) is 0 Å². The Bertz CT molecular complexity index is 769. The predicted octanol–water partition coefficient (Wildman–Crippen LogP) is 3.82. The Morgan fingerprint density at radius 3 is 2.08 bits per heavy atom. The van der Waals surface area contributed by atoms with Crippen LogP contribution in [0.15, 0.2) is 42.5 Å². The van der Waals surface area contributed by atoms with Crippen LogP contribution in [0.3, 0.4) is 0 Å². The number of carbonyl (C=O) groups is 1. The van der Waals surface area contributed by atoms with E-state index in [1.165, 1.54) is 32.4 Å². The molecule has 0 fully saturated rings. The number of nitrogens with zero attached hydrogens (tertiary/aromatic N) is 1. The Morgan fingerprint density at radius 2 is 1.62 bits per heavy atom. The van der Waals surface area contributed by atoms with Crippen LogP contribution in [0.1, 0.15) is 21.5 Å². The molecule has 0 bridgehead atoms. The molecule has 0 aliphatic heterocycles. The quantitative estimate of drug-likeness (QED) is 0.349. The number of benzene rings is 2. The first-order chi connectivity index (χ1) is 11.5. The SMILES string of the molecule is COc1cc(C(=O)/C=C/c2ccc([N+](=O)[O-])cc2)cc(OC)c1C. The molecule has 24 heavy (non-hydrogen) atoms. The van der Waals surface area contributed by atoms with Crippen LogP contribution in [-0.2, 0) is 0 Å². The third kappa shape index (κ3) is 3.78. The number of hydrogen-bond donors (Lipinski definition) is 0. The van der Waals surface area contributed by atoms with Gasteiger partial charge in [-0.3, -0.25) is 14.9 Å². The molecule has 0 saturated carbocycles. The number of methoxy groups -OCH3 is 2. The summed E-state index contributed by atoms with van der Waals surface area (Å²) < 4.78 is 10.5. The summed E-state index contributed by atoms with van der Waals surface area (Å²) in [7, 11) is 3.06. The molecule has 0 amide bonds. The average molecular weight is 327 g/mol. The summed E-state index contributed by atoms with van der Waals surface area (Å²) in [6, 6.07) is 9.25. The third-order valence-electron chi connectivity index (χ3n) is 3.57. The van der Waals surface area contributed by atoms with Crippen molar-refractivity contribution in [1.29, 1.82) is 0 Å². The Balaban J connectivity index is 2.24. The number of nitro benzene ring substituents is 1. The first-order valence-electron chi connectivity index (χ1n) is 7.15. The molecule has 0 atom stereocenters. The first-order valence-corrected chi connectivity index (χ1v) is 7.15. The first kappa shape index (κ1) is 17.2. The number of allylic oxidation sites excluding steroid dienone is 1. The van der Waals surface area contributed by atoms with Crippen molar-refractivity contribution in [2.45, 2.75) is 6.92 Å². The van der Waals surface area contributed by atoms with Crippen molar-refractivity contribution in [2.75, 3.05) is 14.2 Å². The molecule has 0 unspecified atom stereocenters. The van der Waals surface area contributed by atoms with E-state index in [4.69, 9.17) is 9.47 Å². The van der Waals surface area contributed by atoms with Crippen LogP contribution in [0.2, 0.25) is 0 Å². The molecule has 0 aliphatic rings. The summed E-state index contributed by atoms with van der Waals surface area (Å²) in [5.41, 5.74) is 1.95. The highest BCUT2D eigenvalue weighted by Crippen LogP contribution is 2.29. The van der Waals surface area contributed by atoms with Crippen LogP contribution in [0.25, 0.3) is 6.08 Å². The van der Waals surface area contributed by atoms with Crippen molar-refractivity contribution >= 4 is 17.5 Å². The number of rotatable bonds is 6. The summed E-state index contributed by atoms with van der Waals surface area (Å²) in [4.78, 5) is 22.5. The Kier molecular flexibility index (Phi) is 5.31. The lowest BCUT2D eigenvalue weighted by Crippen LogP contribution is -1.99. The standard InChI is InChI=1S/C18H17NO5/c1-12-17(23-2)10-14(11-18(12)24-3)16(20)9-6-13-4-7-15(8-5-13)19(21)22/h4-11H,1-3H3/b9-6+. The molecule has 0 N–H and O–H groups in total. The van der Waals surface area contributed by atoms with Gasteiger partial charge in [0.25, 0.3) is 5.69 Å². The fourth-order valence-corrected chi connectivity index (χ4v) is 2.20. The minimum Gasteiger partial charge on any atom is -0.496 e. The van der Waals surface area contributed by atoms with Crippen molar-refractivity contribution in [3.05, 3.63) is 69.3 Å². The molecule has 0 aliphatic carbocycles. The Hall–Kier alpha value is -3.15. The fraction of sp³-hybridized carbons (Fsp3) is 0.167. The van der Waals surface area contributed by atoms with E-state index in [9.17, 15) is 14.9 Å². The third-order valence-corrected chi connectivity index (χ3v) is 3.57. The number of ether oxygens (including phenoxy) is 2. The molecule has 0 aromatic heterocycles. The van der Waals surface area contributed by atoms with E-state index in [0.717, 1.165) is 5.56 Å². The molecule has 6 heteroatoms. The van der Waals surface area contributed by atoms with Crippen LogP contribution in [0.4, 0.5) is 5.69 Å². The van der Waals surface area contributed by atoms with Gasteiger partial charge in [0, 0.05) is 23.3 Å². The molecule has 0 heterocycles. The van der Waals surface area contributed by atoms with Crippen molar-refractivity contribution in [3.63, 3.8) is 0 Å². The lowest BCUT2D eigenvalue weighted by Gasteiger charge is -2.11. The van der Waals surface area contributed by atoms with Crippen LogP contribution >= 0.6 is 0 Å².